The molecule has 4 amide bonds. The zero-order chi connectivity index (χ0) is 22.6. The van der Waals surface area contributed by atoms with Crippen molar-refractivity contribution in [2.45, 2.75) is 24.4 Å². The molecule has 3 aliphatic heterocycles. The molecule has 4 atom stereocenters. The molecule has 0 aliphatic carbocycles. The monoisotopic (exact) mass is 496 g/mol. The van der Waals surface area contributed by atoms with Gasteiger partial charge in [-0.25, -0.2) is 0 Å². The predicted octanol–water partition coefficient (Wildman–Crippen LogP) is 1.29. The highest BCUT2D eigenvalue weighted by atomic mass is 79.9. The fourth-order valence-corrected chi connectivity index (χ4v) is 5.69. The van der Waals surface area contributed by atoms with Crippen LogP contribution in [0.5, 0.6) is 0 Å². The summed E-state index contributed by atoms with van der Waals surface area (Å²) in [6.45, 7) is 0.209. The number of likely N-dealkylation sites (tertiary alicyclic amines) is 1. The fraction of sp³-hybridized carbons (Fsp3) is 0.304. The maximum atomic E-state index is 13.6. The van der Waals surface area contributed by atoms with Gasteiger partial charge in [-0.15, -0.1) is 0 Å². The lowest BCUT2D eigenvalue weighted by atomic mass is 9.76. The number of imide groups is 1. The summed E-state index contributed by atoms with van der Waals surface area (Å²) in [7, 11) is 0. The summed E-state index contributed by atoms with van der Waals surface area (Å²) in [5.41, 5.74) is 6.18. The van der Waals surface area contributed by atoms with E-state index in [4.69, 9.17) is 5.73 Å². The number of carbonyl (C=O) groups excluding carboxylic acids is 4. The lowest BCUT2D eigenvalue weighted by molar-refractivity contribution is -0.142. The highest BCUT2D eigenvalue weighted by Gasteiger charge is 2.70. The van der Waals surface area contributed by atoms with Crippen molar-refractivity contribution in [3.8, 4) is 0 Å². The number of anilines is 1. The summed E-state index contributed by atoms with van der Waals surface area (Å²) in [4.78, 5) is 53.3. The molecule has 2 aromatic carbocycles. The quantitative estimate of drug-likeness (QED) is 0.538. The number of amides is 4. The number of carbonyl (C=O) groups is 4. The number of rotatable bonds is 5. The third kappa shape index (κ3) is 2.99. The van der Waals surface area contributed by atoms with Gasteiger partial charge in [-0.1, -0.05) is 46.3 Å². The first-order chi connectivity index (χ1) is 15.3. The van der Waals surface area contributed by atoms with Gasteiger partial charge in [0.05, 0.1) is 11.8 Å². The van der Waals surface area contributed by atoms with Gasteiger partial charge in [0.15, 0.2) is 0 Å². The van der Waals surface area contributed by atoms with E-state index in [9.17, 15) is 19.2 Å². The minimum absolute atomic E-state index is 0.148. The van der Waals surface area contributed by atoms with Crippen molar-refractivity contribution in [3.63, 3.8) is 0 Å². The molecule has 3 aliphatic rings. The van der Waals surface area contributed by atoms with E-state index < -0.39 is 41.1 Å². The van der Waals surface area contributed by atoms with Gasteiger partial charge in [0.2, 0.25) is 23.6 Å². The Morgan fingerprint density at radius 3 is 2.56 bits per heavy atom. The first-order valence-corrected chi connectivity index (χ1v) is 11.2. The van der Waals surface area contributed by atoms with Crippen LogP contribution in [0.1, 0.15) is 17.5 Å². The largest absolute Gasteiger partial charge is 0.370 e. The Morgan fingerprint density at radius 1 is 1.09 bits per heavy atom. The van der Waals surface area contributed by atoms with Gasteiger partial charge in [-0.3, -0.25) is 29.4 Å². The molecule has 0 bridgehead atoms. The van der Waals surface area contributed by atoms with Gasteiger partial charge in [0.25, 0.3) is 0 Å². The molecule has 0 radical (unpaired) electrons. The van der Waals surface area contributed by atoms with Crippen molar-refractivity contribution in [2.75, 3.05) is 11.9 Å². The summed E-state index contributed by atoms with van der Waals surface area (Å²) in [6.07, 6.45) is 0.359. The van der Waals surface area contributed by atoms with Crippen LogP contribution in [0.15, 0.2) is 53.0 Å². The highest BCUT2D eigenvalue weighted by molar-refractivity contribution is 9.10. The molecule has 32 heavy (non-hydrogen) atoms. The zero-order valence-corrected chi connectivity index (χ0v) is 18.6. The molecule has 0 unspecified atom stereocenters. The molecule has 2 aromatic rings. The van der Waals surface area contributed by atoms with Crippen LogP contribution in [0, 0.1) is 11.8 Å². The summed E-state index contributed by atoms with van der Waals surface area (Å²) in [5, 5.41) is 6.02. The van der Waals surface area contributed by atoms with E-state index in [0.717, 1.165) is 10.0 Å². The maximum absolute atomic E-state index is 13.6. The Hall–Kier alpha value is -3.04. The standard InChI is InChI=1S/C23H21BrN4O4/c24-13-6-7-15-14(10-13)23(22(32)26-15)19-18(16(27-23)11-17(25)29)20(30)28(21(19)31)9-8-12-4-2-1-3-5-12/h1-7,10,16,18-19,27H,8-9,11H2,(H2,25,29)(H,26,32)/t16-,18+,19-,23-/m0/s1. The van der Waals surface area contributed by atoms with E-state index in [1.165, 1.54) is 4.90 Å². The SMILES string of the molecule is NC(=O)C[C@@H]1N[C@]2(C(=O)Nc3ccc(Br)cc32)[C@@H]2C(=O)N(CCc3ccccc3)C(=O)[C@H]12. The van der Waals surface area contributed by atoms with E-state index in [1.807, 2.05) is 30.3 Å². The summed E-state index contributed by atoms with van der Waals surface area (Å²) < 4.78 is 0.738. The molecule has 1 spiro atoms. The lowest BCUT2D eigenvalue weighted by Gasteiger charge is -2.29. The van der Waals surface area contributed by atoms with E-state index in [1.54, 1.807) is 18.2 Å². The summed E-state index contributed by atoms with van der Waals surface area (Å²) >= 11 is 3.43. The van der Waals surface area contributed by atoms with Crippen LogP contribution in [-0.2, 0) is 31.1 Å². The van der Waals surface area contributed by atoms with E-state index in [0.29, 0.717) is 17.7 Å². The fourth-order valence-electron chi connectivity index (χ4n) is 5.33. The number of benzene rings is 2. The zero-order valence-electron chi connectivity index (χ0n) is 17.0. The van der Waals surface area contributed by atoms with E-state index >= 15 is 0 Å². The Balaban J connectivity index is 1.55. The van der Waals surface area contributed by atoms with Gasteiger partial charge in [0, 0.05) is 34.7 Å². The van der Waals surface area contributed by atoms with Crippen molar-refractivity contribution < 1.29 is 19.2 Å². The molecular formula is C23H21BrN4O4. The number of hydrogen-bond acceptors (Lipinski definition) is 5. The van der Waals surface area contributed by atoms with Crippen molar-refractivity contribution in [1.82, 2.24) is 10.2 Å². The second-order valence-corrected chi connectivity index (χ2v) is 9.36. The molecule has 3 heterocycles. The number of nitrogens with one attached hydrogen (secondary N) is 2. The third-order valence-electron chi connectivity index (χ3n) is 6.66. The number of hydrogen-bond donors (Lipinski definition) is 3. The van der Waals surface area contributed by atoms with Crippen LogP contribution in [0.3, 0.4) is 0 Å². The van der Waals surface area contributed by atoms with Gasteiger partial charge >= 0.3 is 0 Å². The molecule has 4 N–H and O–H groups in total. The minimum atomic E-state index is -1.43. The molecule has 0 saturated carbocycles. The second kappa shape index (κ2) is 7.53. The number of primary amides is 1. The highest BCUT2D eigenvalue weighted by Crippen LogP contribution is 2.53. The Bertz CT molecular complexity index is 1150. The van der Waals surface area contributed by atoms with E-state index in [2.05, 4.69) is 26.6 Å². The van der Waals surface area contributed by atoms with Crippen LogP contribution < -0.4 is 16.4 Å². The first kappa shape index (κ1) is 20.8. The maximum Gasteiger partial charge on any atom is 0.250 e. The van der Waals surface area contributed by atoms with Crippen molar-refractivity contribution in [3.05, 3.63) is 64.1 Å². The first-order valence-electron chi connectivity index (χ1n) is 10.4. The lowest BCUT2D eigenvalue weighted by Crippen LogP contribution is -2.53. The van der Waals surface area contributed by atoms with Gasteiger partial charge in [-0.05, 0) is 30.2 Å². The third-order valence-corrected chi connectivity index (χ3v) is 7.15. The molecule has 164 valence electrons. The number of nitrogens with two attached hydrogens (primary N) is 1. The summed E-state index contributed by atoms with van der Waals surface area (Å²) in [5.74, 6) is -3.58. The minimum Gasteiger partial charge on any atom is -0.370 e. The molecule has 8 nitrogen and oxygen atoms in total. The Labute approximate surface area is 192 Å². The molecular weight excluding hydrogens is 476 g/mol. The average molecular weight is 497 g/mol. The number of nitrogens with zero attached hydrogens (tertiary/aromatic N) is 1. The van der Waals surface area contributed by atoms with Crippen LogP contribution in [0.25, 0.3) is 0 Å². The van der Waals surface area contributed by atoms with Crippen LogP contribution in [0.2, 0.25) is 0 Å². The average Bonchev–Trinajstić information content (AvgIpc) is 3.32. The molecule has 2 saturated heterocycles. The summed E-state index contributed by atoms with van der Waals surface area (Å²) in [6, 6.07) is 14.2. The van der Waals surface area contributed by atoms with Gasteiger partial charge < -0.3 is 11.1 Å². The Kier molecular flexibility index (Phi) is 4.90. The molecule has 5 rings (SSSR count). The second-order valence-electron chi connectivity index (χ2n) is 8.44. The Morgan fingerprint density at radius 2 is 1.84 bits per heavy atom. The molecule has 2 fully saturated rings. The van der Waals surface area contributed by atoms with Crippen LogP contribution in [-0.4, -0.2) is 41.1 Å². The number of fused-ring (bicyclic) bond motifs is 4. The smallest absolute Gasteiger partial charge is 0.250 e. The predicted molar refractivity (Wildman–Crippen MR) is 119 cm³/mol. The van der Waals surface area contributed by atoms with Gasteiger partial charge in [-0.2, -0.15) is 0 Å². The number of halogens is 1. The van der Waals surface area contributed by atoms with Crippen molar-refractivity contribution >= 4 is 45.2 Å². The molecule has 9 heteroatoms. The van der Waals surface area contributed by atoms with Crippen molar-refractivity contribution in [2.24, 2.45) is 17.6 Å². The molecule has 0 aromatic heterocycles. The van der Waals surface area contributed by atoms with Crippen LogP contribution in [0.4, 0.5) is 5.69 Å². The van der Waals surface area contributed by atoms with Gasteiger partial charge in [0.1, 0.15) is 5.54 Å². The topological polar surface area (TPSA) is 122 Å². The van der Waals surface area contributed by atoms with Crippen LogP contribution >= 0.6 is 15.9 Å². The van der Waals surface area contributed by atoms with Crippen molar-refractivity contribution in [1.29, 1.82) is 0 Å². The van der Waals surface area contributed by atoms with E-state index in [-0.39, 0.29) is 18.9 Å². The normalized spacial score (nSPS) is 28.2.